The van der Waals surface area contributed by atoms with E-state index < -0.39 is 17.4 Å². The van der Waals surface area contributed by atoms with Crippen LogP contribution >= 0.6 is 11.3 Å². The first-order valence-electron chi connectivity index (χ1n) is 6.29. The van der Waals surface area contributed by atoms with E-state index in [1.165, 1.54) is 41.5 Å². The summed E-state index contributed by atoms with van der Waals surface area (Å²) in [5.41, 5.74) is 0.220. The molecule has 6 nitrogen and oxygen atoms in total. The highest BCUT2D eigenvalue weighted by Crippen LogP contribution is 2.29. The molecular weight excluding hydrogens is 321 g/mol. The lowest BCUT2D eigenvalue weighted by Crippen LogP contribution is -2.22. The quantitative estimate of drug-likeness (QED) is 0.686. The van der Waals surface area contributed by atoms with Crippen molar-refractivity contribution in [1.82, 2.24) is 4.98 Å². The van der Waals surface area contributed by atoms with Gasteiger partial charge >= 0.3 is 5.97 Å². The number of aliphatic carboxylic acids is 1. The number of thiazole rings is 1. The number of amides is 1. The molecule has 23 heavy (non-hydrogen) atoms. The molecule has 1 aromatic carbocycles. The second-order valence-electron chi connectivity index (χ2n) is 4.36. The summed E-state index contributed by atoms with van der Waals surface area (Å²) in [6, 6.07) is 6.87. The van der Waals surface area contributed by atoms with E-state index in [0.717, 1.165) is 17.4 Å². The molecule has 1 N–H and O–H groups in total. The maximum absolute atomic E-state index is 13.0. The molecule has 1 heterocycles. The summed E-state index contributed by atoms with van der Waals surface area (Å²) in [6.45, 7) is 1.33. The number of carboxylic acids is 1. The Morgan fingerprint density at radius 2 is 2.04 bits per heavy atom. The Balaban J connectivity index is 2.40. The molecule has 1 amide bonds. The molecule has 0 aliphatic rings. The molecule has 0 saturated carbocycles. The van der Waals surface area contributed by atoms with Gasteiger partial charge in [0.2, 0.25) is 5.91 Å². The van der Waals surface area contributed by atoms with Crippen molar-refractivity contribution >= 4 is 40.1 Å². The highest BCUT2D eigenvalue weighted by molar-refractivity contribution is 7.14. The van der Waals surface area contributed by atoms with Gasteiger partial charge in [-0.05, 0) is 30.3 Å². The first-order valence-corrected chi connectivity index (χ1v) is 7.17. The van der Waals surface area contributed by atoms with Crippen LogP contribution in [0.25, 0.3) is 6.08 Å². The summed E-state index contributed by atoms with van der Waals surface area (Å²) in [5.74, 6) is -2.12. The van der Waals surface area contributed by atoms with Crippen molar-refractivity contribution in [3.63, 3.8) is 0 Å². The van der Waals surface area contributed by atoms with Gasteiger partial charge in [0.05, 0.1) is 11.4 Å². The number of halogens is 1. The minimum Gasteiger partial charge on any atom is -0.477 e. The summed E-state index contributed by atoms with van der Waals surface area (Å²) in [7, 11) is 0. The Labute approximate surface area is 134 Å². The van der Waals surface area contributed by atoms with Gasteiger partial charge in [0, 0.05) is 12.3 Å². The molecule has 2 aromatic rings. The van der Waals surface area contributed by atoms with Crippen molar-refractivity contribution in [3.05, 3.63) is 46.7 Å². The van der Waals surface area contributed by atoms with Crippen LogP contribution in [0.15, 0.2) is 35.2 Å². The molecule has 0 bridgehead atoms. The van der Waals surface area contributed by atoms with Crippen LogP contribution in [-0.2, 0) is 9.59 Å². The van der Waals surface area contributed by atoms with E-state index in [1.807, 2.05) is 0 Å². The smallest absolute Gasteiger partial charge is 0.346 e. The Morgan fingerprint density at radius 3 is 2.57 bits per heavy atom. The number of carbonyl (C=O) groups is 2. The lowest BCUT2D eigenvalue weighted by Gasteiger charge is -2.17. The topological polar surface area (TPSA) is 94.3 Å². The van der Waals surface area contributed by atoms with Gasteiger partial charge in [-0.25, -0.2) is 14.2 Å². The number of nitriles is 1. The van der Waals surface area contributed by atoms with E-state index in [2.05, 4.69) is 4.98 Å². The van der Waals surface area contributed by atoms with Gasteiger partial charge in [-0.15, -0.1) is 11.3 Å². The van der Waals surface area contributed by atoms with Gasteiger partial charge in [-0.1, -0.05) is 0 Å². The zero-order chi connectivity index (χ0) is 17.0. The Morgan fingerprint density at radius 1 is 1.39 bits per heavy atom. The number of benzene rings is 1. The zero-order valence-electron chi connectivity index (χ0n) is 11.9. The number of nitrogens with zero attached hydrogens (tertiary/aromatic N) is 3. The molecule has 116 valence electrons. The molecule has 1 aromatic heterocycles. The van der Waals surface area contributed by atoms with Crippen LogP contribution in [0.2, 0.25) is 0 Å². The predicted molar refractivity (Wildman–Crippen MR) is 82.6 cm³/mol. The fourth-order valence-corrected chi connectivity index (χ4v) is 2.60. The highest BCUT2D eigenvalue weighted by atomic mass is 32.1. The van der Waals surface area contributed by atoms with E-state index in [1.54, 1.807) is 6.07 Å². The summed E-state index contributed by atoms with van der Waals surface area (Å²) in [5, 5.41) is 19.4. The molecule has 0 aliphatic carbocycles. The van der Waals surface area contributed by atoms with Gasteiger partial charge in [0.25, 0.3) is 0 Å². The SMILES string of the molecule is CC(=O)N(c1ccc(F)cc1)c1nc(/C=C(/C#N)C(=O)O)cs1. The lowest BCUT2D eigenvalue weighted by molar-refractivity contribution is -0.132. The van der Waals surface area contributed by atoms with Crippen LogP contribution in [0, 0.1) is 17.1 Å². The number of aromatic nitrogens is 1. The van der Waals surface area contributed by atoms with Gasteiger partial charge in [-0.3, -0.25) is 9.69 Å². The Bertz CT molecular complexity index is 821. The van der Waals surface area contributed by atoms with Gasteiger partial charge in [0.15, 0.2) is 5.13 Å². The average molecular weight is 331 g/mol. The normalized spacial score (nSPS) is 10.9. The number of hydrogen-bond donors (Lipinski definition) is 1. The largest absolute Gasteiger partial charge is 0.477 e. The van der Waals surface area contributed by atoms with Crippen LogP contribution in [0.4, 0.5) is 15.2 Å². The predicted octanol–water partition coefficient (Wildman–Crippen LogP) is 2.96. The third kappa shape index (κ3) is 3.78. The maximum Gasteiger partial charge on any atom is 0.346 e. The van der Waals surface area contributed by atoms with E-state index in [4.69, 9.17) is 10.4 Å². The van der Waals surface area contributed by atoms with Gasteiger partial charge < -0.3 is 5.11 Å². The van der Waals surface area contributed by atoms with Crippen molar-refractivity contribution in [2.75, 3.05) is 4.90 Å². The summed E-state index contributed by atoms with van der Waals surface area (Å²) in [6.07, 6.45) is 1.12. The summed E-state index contributed by atoms with van der Waals surface area (Å²) in [4.78, 5) is 28.1. The third-order valence-electron chi connectivity index (χ3n) is 2.74. The Kier molecular flexibility index (Phi) is 4.83. The first-order chi connectivity index (χ1) is 10.9. The standard InChI is InChI=1S/C15H10FN3O3S/c1-9(20)19(13-4-2-11(16)3-5-13)15-18-12(8-23-15)6-10(7-17)14(21)22/h2-6,8H,1H3,(H,21,22)/b10-6-. The van der Waals surface area contributed by atoms with Crippen molar-refractivity contribution in [2.24, 2.45) is 0 Å². The average Bonchev–Trinajstić information content (AvgIpc) is 2.94. The minimum atomic E-state index is -1.36. The van der Waals surface area contributed by atoms with Crippen LogP contribution in [0.3, 0.4) is 0 Å². The minimum absolute atomic E-state index is 0.248. The summed E-state index contributed by atoms with van der Waals surface area (Å²) < 4.78 is 13.0. The Hall–Kier alpha value is -3.05. The monoisotopic (exact) mass is 331 g/mol. The fourth-order valence-electron chi connectivity index (χ4n) is 1.75. The van der Waals surface area contributed by atoms with Gasteiger partial charge in [0.1, 0.15) is 17.5 Å². The molecule has 2 rings (SSSR count). The second-order valence-corrected chi connectivity index (χ2v) is 5.20. The second kappa shape index (κ2) is 6.81. The molecule has 0 atom stereocenters. The van der Waals surface area contributed by atoms with Crippen LogP contribution in [-0.4, -0.2) is 22.0 Å². The van der Waals surface area contributed by atoms with E-state index >= 15 is 0 Å². The highest BCUT2D eigenvalue weighted by Gasteiger charge is 2.18. The van der Waals surface area contributed by atoms with Crippen molar-refractivity contribution in [3.8, 4) is 6.07 Å². The van der Waals surface area contributed by atoms with E-state index in [9.17, 15) is 14.0 Å². The maximum atomic E-state index is 13.0. The third-order valence-corrected chi connectivity index (χ3v) is 3.59. The van der Waals surface area contributed by atoms with Crippen molar-refractivity contribution < 1.29 is 19.1 Å². The molecule has 0 aliphatic heterocycles. The molecular formula is C15H10FN3O3S. The van der Waals surface area contributed by atoms with Crippen LogP contribution < -0.4 is 4.90 Å². The van der Waals surface area contributed by atoms with E-state index in [0.29, 0.717) is 5.69 Å². The fraction of sp³-hybridized carbons (Fsp3) is 0.0667. The van der Waals surface area contributed by atoms with Crippen LogP contribution in [0.5, 0.6) is 0 Å². The number of rotatable bonds is 4. The molecule has 0 spiro atoms. The van der Waals surface area contributed by atoms with E-state index in [-0.39, 0.29) is 16.7 Å². The first kappa shape index (κ1) is 16.3. The molecule has 8 heteroatoms. The number of carboxylic acid groups (broad SMARTS) is 1. The molecule has 0 saturated heterocycles. The van der Waals surface area contributed by atoms with Crippen molar-refractivity contribution in [2.45, 2.75) is 6.92 Å². The van der Waals surface area contributed by atoms with Gasteiger partial charge in [-0.2, -0.15) is 5.26 Å². The van der Waals surface area contributed by atoms with Crippen LogP contribution in [0.1, 0.15) is 12.6 Å². The summed E-state index contributed by atoms with van der Waals surface area (Å²) >= 11 is 1.10. The van der Waals surface area contributed by atoms with Crippen molar-refractivity contribution in [1.29, 1.82) is 5.26 Å². The number of anilines is 2. The number of hydrogen-bond acceptors (Lipinski definition) is 5. The molecule has 0 fully saturated rings. The molecule has 0 radical (unpaired) electrons. The number of carbonyl (C=O) groups excluding carboxylic acids is 1. The lowest BCUT2D eigenvalue weighted by atomic mass is 10.2. The molecule has 0 unspecified atom stereocenters. The zero-order valence-corrected chi connectivity index (χ0v) is 12.7.